The molecule has 0 spiro atoms. The smallest absolute Gasteiger partial charge is 0.310 e. The van der Waals surface area contributed by atoms with E-state index in [0.29, 0.717) is 0 Å². The van der Waals surface area contributed by atoms with Crippen molar-refractivity contribution in [1.29, 1.82) is 0 Å². The summed E-state index contributed by atoms with van der Waals surface area (Å²) in [6.07, 6.45) is -1.11. The highest BCUT2D eigenvalue weighted by molar-refractivity contribution is 5.82. The lowest BCUT2D eigenvalue weighted by atomic mass is 9.96. The van der Waals surface area contributed by atoms with E-state index in [2.05, 4.69) is 4.74 Å². The molecule has 5 heteroatoms. The maximum Gasteiger partial charge on any atom is 0.310 e. The first-order chi connectivity index (χ1) is 9.61. The molecule has 1 aromatic carbocycles. The van der Waals surface area contributed by atoms with Crippen LogP contribution in [0, 0.1) is 11.8 Å². The molecule has 108 valence electrons. The lowest BCUT2D eigenvalue weighted by molar-refractivity contribution is -0.158. The molecule has 0 aromatic heterocycles. The molecule has 1 fully saturated rings. The van der Waals surface area contributed by atoms with Crippen LogP contribution in [-0.4, -0.2) is 25.2 Å². The third kappa shape index (κ3) is 3.35. The van der Waals surface area contributed by atoms with Crippen molar-refractivity contribution in [3.8, 4) is 0 Å². The van der Waals surface area contributed by atoms with Crippen LogP contribution in [0.1, 0.15) is 18.4 Å². The van der Waals surface area contributed by atoms with Crippen LogP contribution in [0.2, 0.25) is 0 Å². The molecule has 1 aromatic rings. The van der Waals surface area contributed by atoms with Gasteiger partial charge in [0.15, 0.2) is 0 Å². The SMILES string of the molecule is COC(=O)[C@@H]1C[C@@H](F)CC1C(=O)OCc1ccccc1. The number of methoxy groups -OCH3 is 1. The lowest BCUT2D eigenvalue weighted by Crippen LogP contribution is -2.27. The maximum atomic E-state index is 13.4. The molecule has 1 saturated carbocycles. The number of halogens is 1. The minimum Gasteiger partial charge on any atom is -0.469 e. The Hall–Kier alpha value is -1.91. The number of carbonyl (C=O) groups is 2. The summed E-state index contributed by atoms with van der Waals surface area (Å²) in [5.41, 5.74) is 0.852. The van der Waals surface area contributed by atoms with Gasteiger partial charge in [0.25, 0.3) is 0 Å². The number of benzene rings is 1. The fourth-order valence-corrected chi connectivity index (χ4v) is 2.48. The zero-order chi connectivity index (χ0) is 14.5. The van der Waals surface area contributed by atoms with Gasteiger partial charge < -0.3 is 9.47 Å². The number of ether oxygens (including phenoxy) is 2. The van der Waals surface area contributed by atoms with Crippen molar-refractivity contribution in [2.45, 2.75) is 25.6 Å². The van der Waals surface area contributed by atoms with Gasteiger partial charge in [-0.25, -0.2) is 4.39 Å². The predicted octanol–water partition coefficient (Wildman–Crippen LogP) is 2.27. The molecular formula is C15H17FO4. The Balaban J connectivity index is 1.95. The van der Waals surface area contributed by atoms with Crippen LogP contribution in [0.4, 0.5) is 4.39 Å². The van der Waals surface area contributed by atoms with E-state index >= 15 is 0 Å². The van der Waals surface area contributed by atoms with Gasteiger partial charge in [-0.15, -0.1) is 0 Å². The molecule has 0 N–H and O–H groups in total. The van der Waals surface area contributed by atoms with Crippen LogP contribution in [0.5, 0.6) is 0 Å². The molecule has 0 saturated heterocycles. The van der Waals surface area contributed by atoms with Crippen LogP contribution in [-0.2, 0) is 25.7 Å². The van der Waals surface area contributed by atoms with Gasteiger partial charge >= 0.3 is 11.9 Å². The Morgan fingerprint density at radius 1 is 1.15 bits per heavy atom. The lowest BCUT2D eigenvalue weighted by Gasteiger charge is -2.15. The second-order valence-corrected chi connectivity index (χ2v) is 4.90. The second kappa shape index (κ2) is 6.50. The Kier molecular flexibility index (Phi) is 4.71. The van der Waals surface area contributed by atoms with Crippen LogP contribution < -0.4 is 0 Å². The molecule has 4 nitrogen and oxygen atoms in total. The molecular weight excluding hydrogens is 263 g/mol. The van der Waals surface area contributed by atoms with Gasteiger partial charge in [-0.1, -0.05) is 30.3 Å². The van der Waals surface area contributed by atoms with E-state index in [-0.39, 0.29) is 19.4 Å². The van der Waals surface area contributed by atoms with Gasteiger partial charge in [-0.3, -0.25) is 9.59 Å². The van der Waals surface area contributed by atoms with Crippen molar-refractivity contribution in [3.05, 3.63) is 35.9 Å². The Morgan fingerprint density at radius 2 is 1.75 bits per heavy atom. The fourth-order valence-electron chi connectivity index (χ4n) is 2.48. The minimum absolute atomic E-state index is 0.0212. The Labute approximate surface area is 116 Å². The number of carbonyl (C=O) groups excluding carboxylic acids is 2. The first kappa shape index (κ1) is 14.5. The number of hydrogen-bond acceptors (Lipinski definition) is 4. The molecule has 0 radical (unpaired) electrons. The zero-order valence-electron chi connectivity index (χ0n) is 11.3. The third-order valence-electron chi connectivity index (χ3n) is 3.54. The fraction of sp³-hybridized carbons (Fsp3) is 0.467. The van der Waals surface area contributed by atoms with E-state index in [1.165, 1.54) is 7.11 Å². The van der Waals surface area contributed by atoms with Crippen LogP contribution >= 0.6 is 0 Å². The Morgan fingerprint density at radius 3 is 2.35 bits per heavy atom. The van der Waals surface area contributed by atoms with Crippen molar-refractivity contribution >= 4 is 11.9 Å². The summed E-state index contributed by atoms with van der Waals surface area (Å²) < 4.78 is 23.2. The van der Waals surface area contributed by atoms with E-state index in [1.54, 1.807) is 0 Å². The van der Waals surface area contributed by atoms with Crippen molar-refractivity contribution in [1.82, 2.24) is 0 Å². The molecule has 3 atom stereocenters. The van der Waals surface area contributed by atoms with Crippen molar-refractivity contribution in [2.24, 2.45) is 11.8 Å². The molecule has 1 unspecified atom stereocenters. The maximum absolute atomic E-state index is 13.4. The summed E-state index contributed by atoms with van der Waals surface area (Å²) in [6, 6.07) is 9.21. The van der Waals surface area contributed by atoms with Crippen LogP contribution in [0.25, 0.3) is 0 Å². The third-order valence-corrected chi connectivity index (χ3v) is 3.54. The molecule has 0 amide bonds. The Bertz CT molecular complexity index is 474. The van der Waals surface area contributed by atoms with E-state index in [4.69, 9.17) is 4.74 Å². The number of alkyl halides is 1. The summed E-state index contributed by atoms with van der Waals surface area (Å²) in [4.78, 5) is 23.6. The van der Waals surface area contributed by atoms with Crippen LogP contribution in [0.15, 0.2) is 30.3 Å². The first-order valence-electron chi connectivity index (χ1n) is 6.54. The summed E-state index contributed by atoms with van der Waals surface area (Å²) >= 11 is 0. The molecule has 0 heterocycles. The molecule has 1 aliphatic rings. The molecule has 2 rings (SSSR count). The van der Waals surface area contributed by atoms with Gasteiger partial charge in [-0.2, -0.15) is 0 Å². The monoisotopic (exact) mass is 280 g/mol. The highest BCUT2D eigenvalue weighted by atomic mass is 19.1. The standard InChI is InChI=1S/C15H17FO4/c1-19-14(17)12-7-11(16)8-13(12)15(18)20-9-10-5-3-2-4-6-10/h2-6,11-13H,7-9H2,1H3/t11-,12-,13?/m1/s1. The average Bonchev–Trinajstić information content (AvgIpc) is 2.87. The van der Waals surface area contributed by atoms with Crippen LogP contribution in [0.3, 0.4) is 0 Å². The molecule has 20 heavy (non-hydrogen) atoms. The van der Waals surface area contributed by atoms with E-state index in [1.807, 2.05) is 30.3 Å². The first-order valence-corrected chi connectivity index (χ1v) is 6.54. The predicted molar refractivity (Wildman–Crippen MR) is 69.4 cm³/mol. The largest absolute Gasteiger partial charge is 0.469 e. The minimum atomic E-state index is -1.16. The van der Waals surface area contributed by atoms with E-state index in [9.17, 15) is 14.0 Å². The van der Waals surface area contributed by atoms with Gasteiger partial charge in [0, 0.05) is 0 Å². The number of rotatable bonds is 4. The van der Waals surface area contributed by atoms with Gasteiger partial charge in [0.05, 0.1) is 18.9 Å². The zero-order valence-corrected chi connectivity index (χ0v) is 11.3. The second-order valence-electron chi connectivity index (χ2n) is 4.90. The highest BCUT2D eigenvalue weighted by Gasteiger charge is 2.44. The summed E-state index contributed by atoms with van der Waals surface area (Å²) in [5, 5.41) is 0. The van der Waals surface area contributed by atoms with E-state index < -0.39 is 29.9 Å². The van der Waals surface area contributed by atoms with Crippen molar-refractivity contribution in [2.75, 3.05) is 7.11 Å². The summed E-state index contributed by atoms with van der Waals surface area (Å²) in [7, 11) is 1.24. The van der Waals surface area contributed by atoms with Crippen molar-refractivity contribution < 1.29 is 23.5 Å². The molecule has 0 aliphatic heterocycles. The average molecular weight is 280 g/mol. The highest BCUT2D eigenvalue weighted by Crippen LogP contribution is 2.35. The number of esters is 2. The topological polar surface area (TPSA) is 52.6 Å². The van der Waals surface area contributed by atoms with E-state index in [0.717, 1.165) is 5.56 Å². The molecule has 1 aliphatic carbocycles. The van der Waals surface area contributed by atoms with Gasteiger partial charge in [0.1, 0.15) is 12.8 Å². The van der Waals surface area contributed by atoms with Gasteiger partial charge in [-0.05, 0) is 18.4 Å². The quantitative estimate of drug-likeness (QED) is 0.794. The number of hydrogen-bond donors (Lipinski definition) is 0. The summed E-state index contributed by atoms with van der Waals surface area (Å²) in [6.45, 7) is 0.126. The summed E-state index contributed by atoms with van der Waals surface area (Å²) in [5.74, 6) is -2.57. The van der Waals surface area contributed by atoms with Crippen molar-refractivity contribution in [3.63, 3.8) is 0 Å². The molecule has 0 bridgehead atoms. The van der Waals surface area contributed by atoms with Gasteiger partial charge in [0.2, 0.25) is 0 Å². The normalized spacial score (nSPS) is 25.2.